The summed E-state index contributed by atoms with van der Waals surface area (Å²) in [6, 6.07) is 4.26. The first kappa shape index (κ1) is 13.9. The summed E-state index contributed by atoms with van der Waals surface area (Å²) in [6.45, 7) is -0.526. The van der Waals surface area contributed by atoms with Crippen LogP contribution in [0.4, 0.5) is 13.2 Å². The van der Waals surface area contributed by atoms with Gasteiger partial charge in [-0.25, -0.2) is 0 Å². The molecule has 0 aliphatic rings. The molecule has 0 heterocycles. The zero-order valence-electron chi connectivity index (χ0n) is 7.69. The molecule has 0 saturated heterocycles. The van der Waals surface area contributed by atoms with Gasteiger partial charge in [-0.1, -0.05) is 39.1 Å². The summed E-state index contributed by atoms with van der Waals surface area (Å²) in [5.74, 6) is 0.239. The van der Waals surface area contributed by atoms with Crippen molar-refractivity contribution in [2.45, 2.75) is 11.0 Å². The summed E-state index contributed by atoms with van der Waals surface area (Å²) in [5, 5.41) is 0.553. The first-order chi connectivity index (χ1) is 7.30. The van der Waals surface area contributed by atoms with Crippen molar-refractivity contribution in [1.29, 1.82) is 0 Å². The van der Waals surface area contributed by atoms with Crippen molar-refractivity contribution in [3.05, 3.63) is 28.2 Å². The minimum absolute atomic E-state index is 0.234. The van der Waals surface area contributed by atoms with Crippen LogP contribution in [0.1, 0.15) is 0 Å². The van der Waals surface area contributed by atoms with E-state index in [1.54, 1.807) is 0 Å². The molecule has 0 spiro atoms. The highest BCUT2D eigenvalue weighted by molar-refractivity contribution is 9.09. The van der Waals surface area contributed by atoms with Crippen LogP contribution in [-0.4, -0.2) is 17.6 Å². The molecule has 0 aliphatic heterocycles. The van der Waals surface area contributed by atoms with E-state index in [1.165, 1.54) is 18.2 Å². The van der Waals surface area contributed by atoms with E-state index >= 15 is 0 Å². The lowest BCUT2D eigenvalue weighted by Gasteiger charge is -2.14. The molecule has 0 fully saturated rings. The SMILES string of the molecule is FC(F)(F)C(Br)COc1ccc(Cl)c(Cl)c1. The van der Waals surface area contributed by atoms with Gasteiger partial charge in [0.15, 0.2) is 0 Å². The lowest BCUT2D eigenvalue weighted by molar-refractivity contribution is -0.132. The van der Waals surface area contributed by atoms with Crippen molar-refractivity contribution < 1.29 is 17.9 Å². The zero-order valence-corrected chi connectivity index (χ0v) is 10.8. The highest BCUT2D eigenvalue weighted by atomic mass is 79.9. The van der Waals surface area contributed by atoms with Crippen LogP contribution < -0.4 is 4.74 Å². The van der Waals surface area contributed by atoms with E-state index in [9.17, 15) is 13.2 Å². The lowest BCUT2D eigenvalue weighted by Crippen LogP contribution is -2.28. The lowest BCUT2D eigenvalue weighted by atomic mass is 10.3. The van der Waals surface area contributed by atoms with Gasteiger partial charge < -0.3 is 4.74 Å². The molecule has 16 heavy (non-hydrogen) atoms. The molecule has 90 valence electrons. The van der Waals surface area contributed by atoms with Crippen molar-refractivity contribution >= 4 is 39.1 Å². The molecule has 7 heteroatoms. The Morgan fingerprint density at radius 1 is 1.25 bits per heavy atom. The monoisotopic (exact) mass is 336 g/mol. The smallest absolute Gasteiger partial charge is 0.404 e. The third-order valence-corrected chi connectivity index (χ3v) is 3.17. The largest absolute Gasteiger partial charge is 0.492 e. The molecular weight excluding hydrogens is 332 g/mol. The first-order valence-electron chi connectivity index (χ1n) is 4.09. The standard InChI is InChI=1S/C9H6BrCl2F3O/c10-8(9(13,14)15)4-16-5-1-2-6(11)7(12)3-5/h1-3,8H,4H2. The van der Waals surface area contributed by atoms with Crippen LogP contribution in [0.25, 0.3) is 0 Å². The summed E-state index contributed by atoms with van der Waals surface area (Å²) < 4.78 is 41.3. The highest BCUT2D eigenvalue weighted by Crippen LogP contribution is 2.29. The molecular formula is C9H6BrCl2F3O. The molecule has 0 amide bonds. The predicted octanol–water partition coefficient (Wildman–Crippen LogP) is 4.70. The summed E-state index contributed by atoms with van der Waals surface area (Å²) in [5.41, 5.74) is 0. The van der Waals surface area contributed by atoms with Gasteiger partial charge in [-0.3, -0.25) is 0 Å². The van der Waals surface area contributed by atoms with Crippen LogP contribution in [0.3, 0.4) is 0 Å². The molecule has 0 aromatic heterocycles. The van der Waals surface area contributed by atoms with Crippen LogP contribution >= 0.6 is 39.1 Å². The second kappa shape index (κ2) is 5.47. The van der Waals surface area contributed by atoms with Crippen LogP contribution in [0.5, 0.6) is 5.75 Å². The van der Waals surface area contributed by atoms with Gasteiger partial charge in [0.25, 0.3) is 0 Å². The van der Waals surface area contributed by atoms with E-state index in [2.05, 4.69) is 15.9 Å². The topological polar surface area (TPSA) is 9.23 Å². The number of hydrogen-bond acceptors (Lipinski definition) is 1. The van der Waals surface area contributed by atoms with E-state index in [0.29, 0.717) is 5.02 Å². The molecule has 1 unspecified atom stereocenters. The molecule has 0 N–H and O–H groups in total. The Hall–Kier alpha value is -0.130. The average molecular weight is 338 g/mol. The maximum atomic E-state index is 12.1. The minimum atomic E-state index is -4.34. The van der Waals surface area contributed by atoms with Gasteiger partial charge in [-0.05, 0) is 12.1 Å². The fourth-order valence-electron chi connectivity index (χ4n) is 0.831. The van der Waals surface area contributed by atoms with Crippen LogP contribution in [0.2, 0.25) is 10.0 Å². The van der Waals surface area contributed by atoms with E-state index in [4.69, 9.17) is 27.9 Å². The minimum Gasteiger partial charge on any atom is -0.492 e. The second-order valence-corrected chi connectivity index (χ2v) is 4.82. The molecule has 0 saturated carbocycles. The number of ether oxygens (including phenoxy) is 1. The maximum Gasteiger partial charge on any atom is 0.404 e. The molecule has 1 aromatic rings. The normalized spacial score (nSPS) is 13.6. The van der Waals surface area contributed by atoms with Crippen LogP contribution in [0, 0.1) is 0 Å². The average Bonchev–Trinajstić information content (AvgIpc) is 2.18. The van der Waals surface area contributed by atoms with E-state index in [-0.39, 0.29) is 10.8 Å². The van der Waals surface area contributed by atoms with E-state index in [0.717, 1.165) is 0 Å². The maximum absolute atomic E-state index is 12.1. The molecule has 1 rings (SSSR count). The predicted molar refractivity (Wildman–Crippen MR) is 60.7 cm³/mol. The summed E-state index contributed by atoms with van der Waals surface area (Å²) in [6.07, 6.45) is -4.34. The Kier molecular flexibility index (Phi) is 4.76. The number of benzene rings is 1. The van der Waals surface area contributed by atoms with Crippen LogP contribution in [0.15, 0.2) is 18.2 Å². The van der Waals surface area contributed by atoms with Crippen molar-refractivity contribution in [3.8, 4) is 5.75 Å². The Balaban J connectivity index is 2.58. The Morgan fingerprint density at radius 2 is 1.88 bits per heavy atom. The van der Waals surface area contributed by atoms with Gasteiger partial charge in [0.05, 0.1) is 10.0 Å². The molecule has 0 bridgehead atoms. The third-order valence-electron chi connectivity index (χ3n) is 1.64. The van der Waals surface area contributed by atoms with E-state index < -0.39 is 17.6 Å². The third kappa shape index (κ3) is 4.03. The summed E-state index contributed by atoms with van der Waals surface area (Å²) >= 11 is 13.8. The zero-order chi connectivity index (χ0) is 12.3. The Bertz CT molecular complexity index is 370. The Morgan fingerprint density at radius 3 is 2.38 bits per heavy atom. The number of rotatable bonds is 3. The van der Waals surface area contributed by atoms with Gasteiger partial charge >= 0.3 is 6.18 Å². The van der Waals surface area contributed by atoms with Crippen molar-refractivity contribution in [3.63, 3.8) is 0 Å². The Labute approximate surface area is 109 Å². The van der Waals surface area contributed by atoms with Gasteiger partial charge in [-0.2, -0.15) is 13.2 Å². The van der Waals surface area contributed by atoms with Gasteiger partial charge in [0.2, 0.25) is 0 Å². The summed E-state index contributed by atoms with van der Waals surface area (Å²) in [7, 11) is 0. The molecule has 0 radical (unpaired) electrons. The number of hydrogen-bond donors (Lipinski definition) is 0. The van der Waals surface area contributed by atoms with Crippen molar-refractivity contribution in [2.24, 2.45) is 0 Å². The van der Waals surface area contributed by atoms with Gasteiger partial charge in [0, 0.05) is 6.07 Å². The number of halogens is 6. The molecule has 0 aliphatic carbocycles. The van der Waals surface area contributed by atoms with Gasteiger partial charge in [0.1, 0.15) is 17.2 Å². The van der Waals surface area contributed by atoms with Crippen molar-refractivity contribution in [1.82, 2.24) is 0 Å². The summed E-state index contributed by atoms with van der Waals surface area (Å²) in [4.78, 5) is -1.71. The van der Waals surface area contributed by atoms with Crippen LogP contribution in [-0.2, 0) is 0 Å². The second-order valence-electron chi connectivity index (χ2n) is 2.90. The first-order valence-corrected chi connectivity index (χ1v) is 5.76. The highest BCUT2D eigenvalue weighted by Gasteiger charge is 2.38. The molecule has 1 nitrogen and oxygen atoms in total. The molecule has 1 aromatic carbocycles. The molecule has 1 atom stereocenters. The fourth-order valence-corrected chi connectivity index (χ4v) is 1.25. The van der Waals surface area contributed by atoms with E-state index in [1.807, 2.05) is 0 Å². The fraction of sp³-hybridized carbons (Fsp3) is 0.333. The quantitative estimate of drug-likeness (QED) is 0.726. The van der Waals surface area contributed by atoms with Crippen molar-refractivity contribution in [2.75, 3.05) is 6.61 Å². The van der Waals surface area contributed by atoms with Gasteiger partial charge in [-0.15, -0.1) is 0 Å². The number of alkyl halides is 4.